The number of thioether (sulfide) groups is 1. The molecule has 1 aromatic heterocycles. The molecular formula is C18H17NOS2. The van der Waals surface area contributed by atoms with Crippen molar-refractivity contribution in [2.24, 2.45) is 0 Å². The van der Waals surface area contributed by atoms with Crippen LogP contribution in [-0.2, 0) is 0 Å². The topological polar surface area (TPSA) is 29.1 Å². The van der Waals surface area contributed by atoms with Crippen LogP contribution in [0, 0.1) is 6.92 Å². The zero-order chi connectivity index (χ0) is 15.4. The summed E-state index contributed by atoms with van der Waals surface area (Å²) in [5.74, 6) is 0.909. The maximum Gasteiger partial charge on any atom is 0.261 e. The first-order chi connectivity index (χ1) is 10.8. The molecule has 4 heteroatoms. The molecule has 1 N–H and O–H groups in total. The van der Waals surface area contributed by atoms with Crippen LogP contribution in [0.4, 0.5) is 0 Å². The van der Waals surface area contributed by atoms with Crippen LogP contribution >= 0.6 is 23.1 Å². The minimum atomic E-state index is 0.0346. The Bertz CT molecular complexity index is 780. The van der Waals surface area contributed by atoms with Crippen LogP contribution in [0.1, 0.15) is 15.2 Å². The number of hydrogen-bond donors (Lipinski definition) is 1. The number of thiophene rings is 1. The minimum Gasteiger partial charge on any atom is -0.350 e. The summed E-state index contributed by atoms with van der Waals surface area (Å²) in [5, 5.41) is 4.20. The molecular weight excluding hydrogens is 310 g/mol. The van der Waals surface area contributed by atoms with Crippen molar-refractivity contribution in [2.75, 3.05) is 12.3 Å². The zero-order valence-corrected chi connectivity index (χ0v) is 14.0. The van der Waals surface area contributed by atoms with Crippen LogP contribution in [0.5, 0.6) is 0 Å². The van der Waals surface area contributed by atoms with E-state index in [0.717, 1.165) is 16.2 Å². The molecule has 0 aliphatic rings. The van der Waals surface area contributed by atoms with Gasteiger partial charge < -0.3 is 5.32 Å². The average molecular weight is 327 g/mol. The molecule has 0 spiro atoms. The van der Waals surface area contributed by atoms with E-state index in [9.17, 15) is 4.79 Å². The fourth-order valence-electron chi connectivity index (χ4n) is 2.32. The fourth-order valence-corrected chi connectivity index (χ4v) is 4.24. The first-order valence-corrected chi connectivity index (χ1v) is 9.00. The summed E-state index contributed by atoms with van der Waals surface area (Å²) >= 11 is 3.32. The van der Waals surface area contributed by atoms with E-state index in [-0.39, 0.29) is 5.91 Å². The highest BCUT2D eigenvalue weighted by Crippen LogP contribution is 2.30. The van der Waals surface area contributed by atoms with Gasteiger partial charge in [0.1, 0.15) is 0 Å². The van der Waals surface area contributed by atoms with E-state index >= 15 is 0 Å². The third-order valence-electron chi connectivity index (χ3n) is 3.45. The lowest BCUT2D eigenvalue weighted by molar-refractivity contribution is 0.0960. The van der Waals surface area contributed by atoms with Crippen molar-refractivity contribution in [3.8, 4) is 0 Å². The lowest BCUT2D eigenvalue weighted by Crippen LogP contribution is -2.25. The summed E-state index contributed by atoms with van der Waals surface area (Å²) in [6.07, 6.45) is 0. The molecule has 2 nitrogen and oxygen atoms in total. The number of nitrogens with one attached hydrogen (secondary N) is 1. The largest absolute Gasteiger partial charge is 0.350 e. The van der Waals surface area contributed by atoms with Crippen molar-refractivity contribution in [2.45, 2.75) is 11.8 Å². The van der Waals surface area contributed by atoms with E-state index in [4.69, 9.17) is 0 Å². The normalized spacial score (nSPS) is 10.8. The fraction of sp³-hybridized carbons (Fsp3) is 0.167. The Labute approximate surface area is 138 Å². The van der Waals surface area contributed by atoms with E-state index in [1.165, 1.54) is 15.0 Å². The highest BCUT2D eigenvalue weighted by molar-refractivity contribution is 7.99. The zero-order valence-electron chi connectivity index (χ0n) is 12.3. The molecule has 0 aliphatic carbocycles. The van der Waals surface area contributed by atoms with E-state index in [1.54, 1.807) is 23.1 Å². The predicted molar refractivity (Wildman–Crippen MR) is 96.1 cm³/mol. The number of hydrogen-bond acceptors (Lipinski definition) is 3. The maximum absolute atomic E-state index is 12.3. The Morgan fingerprint density at radius 2 is 1.82 bits per heavy atom. The molecule has 0 radical (unpaired) electrons. The highest BCUT2D eigenvalue weighted by Gasteiger charge is 2.14. The summed E-state index contributed by atoms with van der Waals surface area (Å²) in [6.45, 7) is 2.69. The Morgan fingerprint density at radius 3 is 2.59 bits per heavy atom. The summed E-state index contributed by atoms with van der Waals surface area (Å²) in [6, 6.07) is 18.4. The smallest absolute Gasteiger partial charge is 0.261 e. The number of aryl methyl sites for hydroxylation is 1. The van der Waals surface area contributed by atoms with Gasteiger partial charge in [0.05, 0.1) is 4.88 Å². The van der Waals surface area contributed by atoms with E-state index in [0.29, 0.717) is 6.54 Å². The Kier molecular flexibility index (Phi) is 4.80. The monoisotopic (exact) mass is 327 g/mol. The molecule has 3 rings (SSSR count). The first kappa shape index (κ1) is 15.1. The quantitative estimate of drug-likeness (QED) is 0.542. The van der Waals surface area contributed by atoms with Crippen molar-refractivity contribution in [1.82, 2.24) is 5.32 Å². The highest BCUT2D eigenvalue weighted by atomic mass is 32.2. The molecule has 1 amide bonds. The summed E-state index contributed by atoms with van der Waals surface area (Å²) < 4.78 is 1.17. The van der Waals surface area contributed by atoms with Crippen LogP contribution in [0.3, 0.4) is 0 Å². The van der Waals surface area contributed by atoms with Gasteiger partial charge in [-0.2, -0.15) is 0 Å². The number of fused-ring (bicyclic) bond motifs is 1. The van der Waals surface area contributed by atoms with Crippen molar-refractivity contribution in [3.05, 3.63) is 65.0 Å². The summed E-state index contributed by atoms with van der Waals surface area (Å²) in [5.41, 5.74) is 1.08. The molecule has 22 heavy (non-hydrogen) atoms. The van der Waals surface area contributed by atoms with Gasteiger partial charge in [0.25, 0.3) is 5.91 Å². The molecule has 0 saturated heterocycles. The second-order valence-electron chi connectivity index (χ2n) is 4.97. The van der Waals surface area contributed by atoms with Crippen molar-refractivity contribution >= 4 is 39.1 Å². The number of amides is 1. The van der Waals surface area contributed by atoms with Gasteiger partial charge in [-0.05, 0) is 36.1 Å². The Hall–Kier alpha value is -1.78. The van der Waals surface area contributed by atoms with E-state index in [1.807, 2.05) is 37.3 Å². The molecule has 0 atom stereocenters. The van der Waals surface area contributed by atoms with Crippen LogP contribution in [0.15, 0.2) is 59.5 Å². The molecule has 1 heterocycles. The third kappa shape index (κ3) is 3.34. The third-order valence-corrected chi connectivity index (χ3v) is 5.73. The number of rotatable bonds is 5. The van der Waals surface area contributed by atoms with Gasteiger partial charge in [0, 0.05) is 21.9 Å². The average Bonchev–Trinajstić information content (AvgIpc) is 2.90. The number of carbonyl (C=O) groups is 1. The van der Waals surface area contributed by atoms with Crippen molar-refractivity contribution in [1.29, 1.82) is 0 Å². The molecule has 0 unspecified atom stereocenters. The Balaban J connectivity index is 1.58. The first-order valence-electron chi connectivity index (χ1n) is 7.20. The van der Waals surface area contributed by atoms with Gasteiger partial charge in [-0.1, -0.05) is 36.4 Å². The number of carbonyl (C=O) groups excluding carboxylic acids is 1. The van der Waals surface area contributed by atoms with Gasteiger partial charge in [-0.25, -0.2) is 0 Å². The molecule has 3 aromatic rings. The molecule has 2 aromatic carbocycles. The molecule has 0 saturated carbocycles. The molecule has 112 valence electrons. The van der Waals surface area contributed by atoms with E-state index < -0.39 is 0 Å². The van der Waals surface area contributed by atoms with Crippen molar-refractivity contribution in [3.63, 3.8) is 0 Å². The van der Waals surface area contributed by atoms with Gasteiger partial charge in [-0.15, -0.1) is 23.1 Å². The molecule has 0 aliphatic heterocycles. The Morgan fingerprint density at radius 1 is 1.09 bits per heavy atom. The lowest BCUT2D eigenvalue weighted by Gasteiger charge is -2.04. The second kappa shape index (κ2) is 6.99. The number of benzene rings is 2. The molecule has 0 bridgehead atoms. The standard InChI is InChI=1S/C18H17NOS2/c1-13-15-9-5-6-10-16(15)22-17(13)18(20)19-11-12-21-14-7-3-2-4-8-14/h2-10H,11-12H2,1H3,(H,19,20). The van der Waals surface area contributed by atoms with Crippen LogP contribution < -0.4 is 5.32 Å². The van der Waals surface area contributed by atoms with Gasteiger partial charge in [0.2, 0.25) is 0 Å². The lowest BCUT2D eigenvalue weighted by atomic mass is 10.1. The summed E-state index contributed by atoms with van der Waals surface area (Å²) in [4.78, 5) is 14.4. The van der Waals surface area contributed by atoms with Gasteiger partial charge in [-0.3, -0.25) is 4.79 Å². The van der Waals surface area contributed by atoms with Crippen LogP contribution in [0.25, 0.3) is 10.1 Å². The SMILES string of the molecule is Cc1c(C(=O)NCCSc2ccccc2)sc2ccccc12. The van der Waals surface area contributed by atoms with Crippen molar-refractivity contribution < 1.29 is 4.79 Å². The van der Waals surface area contributed by atoms with Crippen LogP contribution in [0.2, 0.25) is 0 Å². The maximum atomic E-state index is 12.3. The van der Waals surface area contributed by atoms with E-state index in [2.05, 4.69) is 29.6 Å². The predicted octanol–water partition coefficient (Wildman–Crippen LogP) is 4.73. The second-order valence-corrected chi connectivity index (χ2v) is 7.19. The van der Waals surface area contributed by atoms with Gasteiger partial charge in [0.15, 0.2) is 0 Å². The summed E-state index contributed by atoms with van der Waals surface area (Å²) in [7, 11) is 0. The molecule has 0 fully saturated rings. The minimum absolute atomic E-state index is 0.0346. The van der Waals surface area contributed by atoms with Gasteiger partial charge >= 0.3 is 0 Å². The van der Waals surface area contributed by atoms with Crippen LogP contribution in [-0.4, -0.2) is 18.2 Å².